The number of nitrogens with one attached hydrogen (secondary N) is 1. The van der Waals surface area contributed by atoms with E-state index in [9.17, 15) is 4.79 Å². The van der Waals surface area contributed by atoms with Crippen LogP contribution in [0.15, 0.2) is 28.7 Å². The molecule has 0 radical (unpaired) electrons. The zero-order valence-electron chi connectivity index (χ0n) is 11.1. The molecule has 0 aliphatic heterocycles. The predicted octanol–water partition coefficient (Wildman–Crippen LogP) is 3.00. The minimum Gasteiger partial charge on any atom is -0.348 e. The highest BCUT2D eigenvalue weighted by Gasteiger charge is 2.21. The summed E-state index contributed by atoms with van der Waals surface area (Å²) in [5.74, 6) is 0.108. The third kappa shape index (κ3) is 4.10. The second kappa shape index (κ2) is 6.90. The summed E-state index contributed by atoms with van der Waals surface area (Å²) in [6.07, 6.45) is 0.903. The Kier molecular flexibility index (Phi) is 5.82. The third-order valence-corrected chi connectivity index (χ3v) is 3.76. The number of rotatable bonds is 5. The second-order valence-corrected chi connectivity index (χ2v) is 5.61. The highest BCUT2D eigenvalue weighted by atomic mass is 79.9. The Hall–Kier alpha value is -0.870. The Balaban J connectivity index is 2.65. The lowest BCUT2D eigenvalue weighted by Crippen LogP contribution is -2.45. The standard InChI is InChI=1S/C14H21BrN2O/c1-4-9(2)13(16)14(18)17-10(3)11-6-5-7-12(15)8-11/h5-10,13H,4,16H2,1-3H3,(H,17,18)/t9-,10-,13-/m0/s1. The summed E-state index contributed by atoms with van der Waals surface area (Å²) in [5.41, 5.74) is 6.97. The van der Waals surface area contributed by atoms with Crippen molar-refractivity contribution in [2.45, 2.75) is 39.3 Å². The van der Waals surface area contributed by atoms with Crippen LogP contribution in [0, 0.1) is 5.92 Å². The number of carbonyl (C=O) groups is 1. The summed E-state index contributed by atoms with van der Waals surface area (Å²) >= 11 is 3.42. The average Bonchev–Trinajstić information content (AvgIpc) is 2.36. The van der Waals surface area contributed by atoms with Crippen LogP contribution >= 0.6 is 15.9 Å². The van der Waals surface area contributed by atoms with Crippen molar-refractivity contribution in [2.24, 2.45) is 11.7 Å². The van der Waals surface area contributed by atoms with Crippen molar-refractivity contribution in [1.29, 1.82) is 0 Å². The fraction of sp³-hybridized carbons (Fsp3) is 0.500. The lowest BCUT2D eigenvalue weighted by Gasteiger charge is -2.21. The molecule has 0 saturated heterocycles. The van der Waals surface area contributed by atoms with Gasteiger partial charge < -0.3 is 11.1 Å². The molecule has 0 bridgehead atoms. The van der Waals surface area contributed by atoms with Crippen molar-refractivity contribution >= 4 is 21.8 Å². The van der Waals surface area contributed by atoms with Crippen molar-refractivity contribution < 1.29 is 4.79 Å². The third-order valence-electron chi connectivity index (χ3n) is 3.27. The van der Waals surface area contributed by atoms with Crippen molar-refractivity contribution in [3.05, 3.63) is 34.3 Å². The molecule has 18 heavy (non-hydrogen) atoms. The van der Waals surface area contributed by atoms with Crippen LogP contribution in [0.3, 0.4) is 0 Å². The van der Waals surface area contributed by atoms with Crippen LogP contribution in [0.25, 0.3) is 0 Å². The summed E-state index contributed by atoms with van der Waals surface area (Å²) in [4.78, 5) is 12.0. The Morgan fingerprint density at radius 1 is 1.44 bits per heavy atom. The van der Waals surface area contributed by atoms with Gasteiger partial charge in [-0.15, -0.1) is 0 Å². The molecule has 1 aromatic carbocycles. The highest BCUT2D eigenvalue weighted by Crippen LogP contribution is 2.18. The molecule has 3 nitrogen and oxygen atoms in total. The first kappa shape index (κ1) is 15.2. The van der Waals surface area contributed by atoms with Gasteiger partial charge in [-0.2, -0.15) is 0 Å². The maximum absolute atomic E-state index is 12.0. The summed E-state index contributed by atoms with van der Waals surface area (Å²) < 4.78 is 1.01. The molecular formula is C14H21BrN2O. The lowest BCUT2D eigenvalue weighted by molar-refractivity contribution is -0.124. The van der Waals surface area contributed by atoms with E-state index in [4.69, 9.17) is 5.73 Å². The maximum Gasteiger partial charge on any atom is 0.237 e. The van der Waals surface area contributed by atoms with Crippen LogP contribution in [-0.4, -0.2) is 11.9 Å². The summed E-state index contributed by atoms with van der Waals surface area (Å²) in [6, 6.07) is 7.43. The van der Waals surface area contributed by atoms with Gasteiger partial charge in [-0.25, -0.2) is 0 Å². The van der Waals surface area contributed by atoms with Crippen LogP contribution in [-0.2, 0) is 4.79 Å². The number of hydrogen-bond donors (Lipinski definition) is 2. The quantitative estimate of drug-likeness (QED) is 0.878. The van der Waals surface area contributed by atoms with E-state index in [2.05, 4.69) is 21.2 Å². The van der Waals surface area contributed by atoms with Crippen molar-refractivity contribution in [3.8, 4) is 0 Å². The van der Waals surface area contributed by atoms with Crippen LogP contribution in [0.4, 0.5) is 0 Å². The minimum absolute atomic E-state index is 0.0369. The van der Waals surface area contributed by atoms with Gasteiger partial charge in [-0.1, -0.05) is 48.3 Å². The molecule has 3 atom stereocenters. The van der Waals surface area contributed by atoms with Gasteiger partial charge in [0, 0.05) is 4.47 Å². The molecule has 100 valence electrons. The van der Waals surface area contributed by atoms with Crippen molar-refractivity contribution in [3.63, 3.8) is 0 Å². The molecule has 1 rings (SSSR count). The van der Waals surface area contributed by atoms with E-state index in [1.807, 2.05) is 45.0 Å². The summed E-state index contributed by atoms with van der Waals surface area (Å²) in [6.45, 7) is 5.99. The molecule has 0 aliphatic rings. The van der Waals surface area contributed by atoms with Gasteiger partial charge in [0.05, 0.1) is 12.1 Å². The van der Waals surface area contributed by atoms with Crippen LogP contribution in [0.1, 0.15) is 38.8 Å². The van der Waals surface area contributed by atoms with E-state index in [1.165, 1.54) is 0 Å². The predicted molar refractivity (Wildman–Crippen MR) is 78.1 cm³/mol. The van der Waals surface area contributed by atoms with Gasteiger partial charge in [0.15, 0.2) is 0 Å². The molecule has 0 unspecified atom stereocenters. The summed E-state index contributed by atoms with van der Waals surface area (Å²) in [7, 11) is 0. The Morgan fingerprint density at radius 2 is 2.11 bits per heavy atom. The Morgan fingerprint density at radius 3 is 2.67 bits per heavy atom. The van der Waals surface area contributed by atoms with E-state index in [1.54, 1.807) is 0 Å². The number of carbonyl (C=O) groups excluding carboxylic acids is 1. The normalized spacial score (nSPS) is 15.8. The maximum atomic E-state index is 12.0. The topological polar surface area (TPSA) is 55.1 Å². The van der Waals surface area contributed by atoms with Crippen molar-refractivity contribution in [1.82, 2.24) is 5.32 Å². The number of halogens is 1. The van der Waals surface area contributed by atoms with E-state index in [0.29, 0.717) is 0 Å². The molecule has 1 amide bonds. The molecule has 4 heteroatoms. The lowest BCUT2D eigenvalue weighted by atomic mass is 9.98. The van der Waals surface area contributed by atoms with Crippen molar-refractivity contribution in [2.75, 3.05) is 0 Å². The van der Waals surface area contributed by atoms with Gasteiger partial charge in [0.2, 0.25) is 5.91 Å². The molecule has 0 spiro atoms. The average molecular weight is 313 g/mol. The van der Waals surface area contributed by atoms with E-state index < -0.39 is 6.04 Å². The first-order valence-corrected chi connectivity index (χ1v) is 7.06. The highest BCUT2D eigenvalue weighted by molar-refractivity contribution is 9.10. The Labute approximate surface area is 117 Å². The zero-order chi connectivity index (χ0) is 13.7. The molecule has 0 aromatic heterocycles. The number of hydrogen-bond acceptors (Lipinski definition) is 2. The molecule has 3 N–H and O–H groups in total. The molecule has 0 fully saturated rings. The van der Waals surface area contributed by atoms with Gasteiger partial charge in [0.1, 0.15) is 0 Å². The van der Waals surface area contributed by atoms with E-state index in [0.717, 1.165) is 16.5 Å². The molecular weight excluding hydrogens is 292 g/mol. The van der Waals surface area contributed by atoms with Crippen LogP contribution < -0.4 is 11.1 Å². The fourth-order valence-corrected chi connectivity index (χ4v) is 2.10. The minimum atomic E-state index is -0.440. The molecule has 1 aromatic rings. The fourth-order valence-electron chi connectivity index (χ4n) is 1.68. The number of amides is 1. The largest absolute Gasteiger partial charge is 0.348 e. The van der Waals surface area contributed by atoms with Gasteiger partial charge in [-0.05, 0) is 30.5 Å². The molecule has 0 heterocycles. The van der Waals surface area contributed by atoms with E-state index in [-0.39, 0.29) is 17.9 Å². The Bertz CT molecular complexity index is 409. The van der Waals surface area contributed by atoms with Gasteiger partial charge >= 0.3 is 0 Å². The summed E-state index contributed by atoms with van der Waals surface area (Å²) in [5, 5.41) is 2.95. The molecule has 0 aliphatic carbocycles. The van der Waals surface area contributed by atoms with Crippen LogP contribution in [0.5, 0.6) is 0 Å². The number of nitrogens with two attached hydrogens (primary N) is 1. The monoisotopic (exact) mass is 312 g/mol. The SMILES string of the molecule is CC[C@H](C)[C@H](N)C(=O)N[C@@H](C)c1cccc(Br)c1. The second-order valence-electron chi connectivity index (χ2n) is 4.70. The zero-order valence-corrected chi connectivity index (χ0v) is 12.7. The first-order chi connectivity index (χ1) is 8.45. The number of benzene rings is 1. The van der Waals surface area contributed by atoms with Crippen LogP contribution in [0.2, 0.25) is 0 Å². The smallest absolute Gasteiger partial charge is 0.237 e. The van der Waals surface area contributed by atoms with Gasteiger partial charge in [0.25, 0.3) is 0 Å². The van der Waals surface area contributed by atoms with Gasteiger partial charge in [-0.3, -0.25) is 4.79 Å². The van der Waals surface area contributed by atoms with E-state index >= 15 is 0 Å². The molecule has 0 saturated carbocycles. The first-order valence-electron chi connectivity index (χ1n) is 6.27.